The fourth-order valence-corrected chi connectivity index (χ4v) is 4.97. The van der Waals surface area contributed by atoms with Gasteiger partial charge in [-0.1, -0.05) is 48.5 Å². The van der Waals surface area contributed by atoms with Crippen LogP contribution in [0.15, 0.2) is 54.7 Å². The molecule has 5 rings (SSSR count). The highest BCUT2D eigenvalue weighted by atomic mass is 35.5. The van der Waals surface area contributed by atoms with Gasteiger partial charge in [-0.25, -0.2) is 9.97 Å². The molecule has 2 aromatic carbocycles. The Balaban J connectivity index is 0.00000289. The fourth-order valence-electron chi connectivity index (χ4n) is 4.97. The van der Waals surface area contributed by atoms with E-state index >= 15 is 0 Å². The highest BCUT2D eigenvalue weighted by Crippen LogP contribution is 2.33. The number of nitrogens with one attached hydrogen (secondary N) is 2. The molecule has 0 spiro atoms. The fraction of sp³-hybridized carbons (Fsp3) is 0.429. The molecule has 2 aliphatic heterocycles. The van der Waals surface area contributed by atoms with Gasteiger partial charge in [0.15, 0.2) is 0 Å². The standard InChI is InChI=1S/C28H35N5O.ClH/c29-17-20-1-3-24(4-2-20)27-28(25-7-5-22(6-8-25)23-11-15-31-16-12-23)33-26(18-32-27)34-19-21-9-13-30-14-10-21;/h1-8,18,21,23,30-31H,9-17,19,29H2;1H. The lowest BCUT2D eigenvalue weighted by molar-refractivity contribution is 0.208. The first-order valence-electron chi connectivity index (χ1n) is 12.6. The second kappa shape index (κ2) is 12.5. The van der Waals surface area contributed by atoms with Crippen LogP contribution in [0.4, 0.5) is 0 Å². The van der Waals surface area contributed by atoms with Gasteiger partial charge in [-0.2, -0.15) is 0 Å². The predicted octanol–water partition coefficient (Wildman–Crippen LogP) is 4.54. The number of hydrogen-bond donors (Lipinski definition) is 3. The van der Waals surface area contributed by atoms with Crippen molar-refractivity contribution in [3.05, 3.63) is 65.9 Å². The molecule has 6 nitrogen and oxygen atoms in total. The number of ether oxygens (including phenoxy) is 1. The van der Waals surface area contributed by atoms with Gasteiger partial charge >= 0.3 is 0 Å². The van der Waals surface area contributed by atoms with Crippen molar-refractivity contribution < 1.29 is 4.74 Å². The monoisotopic (exact) mass is 493 g/mol. The molecule has 1 aromatic heterocycles. The van der Waals surface area contributed by atoms with Gasteiger partial charge in [0.2, 0.25) is 5.88 Å². The molecule has 2 fully saturated rings. The number of aromatic nitrogens is 2. The molecular weight excluding hydrogens is 458 g/mol. The van der Waals surface area contributed by atoms with Gasteiger partial charge in [-0.3, -0.25) is 0 Å². The van der Waals surface area contributed by atoms with Crippen LogP contribution in [0.1, 0.15) is 42.7 Å². The minimum Gasteiger partial charge on any atom is -0.476 e. The molecule has 7 heteroatoms. The number of rotatable bonds is 7. The number of halogens is 1. The zero-order chi connectivity index (χ0) is 23.2. The van der Waals surface area contributed by atoms with Crippen LogP contribution in [0.25, 0.3) is 22.5 Å². The van der Waals surface area contributed by atoms with E-state index in [-0.39, 0.29) is 12.4 Å². The average Bonchev–Trinajstić information content (AvgIpc) is 2.93. The highest BCUT2D eigenvalue weighted by Gasteiger charge is 2.18. The summed E-state index contributed by atoms with van der Waals surface area (Å²) in [5, 5.41) is 6.86. The second-order valence-corrected chi connectivity index (χ2v) is 9.46. The van der Waals surface area contributed by atoms with Crippen molar-refractivity contribution in [2.75, 3.05) is 32.8 Å². The highest BCUT2D eigenvalue weighted by molar-refractivity contribution is 5.85. The lowest BCUT2D eigenvalue weighted by Gasteiger charge is -2.23. The molecule has 35 heavy (non-hydrogen) atoms. The number of piperidine rings is 2. The van der Waals surface area contributed by atoms with E-state index in [9.17, 15) is 0 Å². The topological polar surface area (TPSA) is 85.1 Å². The summed E-state index contributed by atoms with van der Waals surface area (Å²) in [6.07, 6.45) is 6.43. The largest absolute Gasteiger partial charge is 0.476 e. The molecule has 0 aliphatic carbocycles. The lowest BCUT2D eigenvalue weighted by atomic mass is 9.89. The molecule has 2 saturated heterocycles. The summed E-state index contributed by atoms with van der Waals surface area (Å²) in [5.74, 6) is 1.79. The summed E-state index contributed by atoms with van der Waals surface area (Å²) in [6, 6.07) is 17.2. The second-order valence-electron chi connectivity index (χ2n) is 9.46. The van der Waals surface area contributed by atoms with Gasteiger partial charge in [-0.15, -0.1) is 12.4 Å². The molecule has 2 aliphatic rings. The van der Waals surface area contributed by atoms with Gasteiger partial charge in [-0.05, 0) is 74.8 Å². The van der Waals surface area contributed by atoms with Crippen molar-refractivity contribution >= 4 is 12.4 Å². The molecule has 4 N–H and O–H groups in total. The van der Waals surface area contributed by atoms with E-state index in [1.807, 2.05) is 0 Å². The minimum atomic E-state index is 0. The summed E-state index contributed by atoms with van der Waals surface area (Å²) < 4.78 is 6.13. The maximum Gasteiger partial charge on any atom is 0.232 e. The third-order valence-corrected chi connectivity index (χ3v) is 7.13. The third-order valence-electron chi connectivity index (χ3n) is 7.13. The normalized spacial score (nSPS) is 17.1. The summed E-state index contributed by atoms with van der Waals surface area (Å²) in [4.78, 5) is 9.77. The Morgan fingerprint density at radius 2 is 1.40 bits per heavy atom. The van der Waals surface area contributed by atoms with Crippen LogP contribution in [-0.4, -0.2) is 42.8 Å². The lowest BCUT2D eigenvalue weighted by Crippen LogP contribution is -2.30. The first kappa shape index (κ1) is 25.6. The van der Waals surface area contributed by atoms with E-state index in [1.165, 1.54) is 18.4 Å². The van der Waals surface area contributed by atoms with E-state index in [2.05, 4.69) is 59.2 Å². The van der Waals surface area contributed by atoms with Crippen molar-refractivity contribution in [3.63, 3.8) is 0 Å². The van der Waals surface area contributed by atoms with E-state index in [0.29, 0.717) is 30.9 Å². The summed E-state index contributed by atoms with van der Waals surface area (Å²) in [7, 11) is 0. The minimum absolute atomic E-state index is 0. The zero-order valence-electron chi connectivity index (χ0n) is 20.2. The molecule has 0 unspecified atom stereocenters. The van der Waals surface area contributed by atoms with Crippen LogP contribution in [0, 0.1) is 5.92 Å². The molecule has 0 amide bonds. The molecular formula is C28H36ClN5O. The number of benzene rings is 2. The zero-order valence-corrected chi connectivity index (χ0v) is 21.0. The average molecular weight is 494 g/mol. The van der Waals surface area contributed by atoms with Gasteiger partial charge in [0, 0.05) is 17.7 Å². The Bertz CT molecular complexity index is 1060. The van der Waals surface area contributed by atoms with Crippen LogP contribution in [0.5, 0.6) is 5.88 Å². The first-order chi connectivity index (χ1) is 16.8. The van der Waals surface area contributed by atoms with Gasteiger partial charge < -0.3 is 21.1 Å². The maximum absolute atomic E-state index is 6.13. The number of nitrogens with two attached hydrogens (primary N) is 1. The molecule has 0 atom stereocenters. The smallest absolute Gasteiger partial charge is 0.232 e. The van der Waals surface area contributed by atoms with Crippen LogP contribution in [-0.2, 0) is 6.54 Å². The van der Waals surface area contributed by atoms with E-state index < -0.39 is 0 Å². The van der Waals surface area contributed by atoms with Gasteiger partial charge in [0.05, 0.1) is 18.5 Å². The molecule has 3 aromatic rings. The Labute approximate surface area is 214 Å². The summed E-state index contributed by atoms with van der Waals surface area (Å²) >= 11 is 0. The van der Waals surface area contributed by atoms with Crippen LogP contribution < -0.4 is 21.1 Å². The summed E-state index contributed by atoms with van der Waals surface area (Å²) in [6.45, 7) is 5.53. The molecule has 3 heterocycles. The van der Waals surface area contributed by atoms with Crippen LogP contribution in [0.2, 0.25) is 0 Å². The van der Waals surface area contributed by atoms with Crippen molar-refractivity contribution in [1.29, 1.82) is 0 Å². The van der Waals surface area contributed by atoms with Crippen molar-refractivity contribution in [3.8, 4) is 28.4 Å². The maximum atomic E-state index is 6.13. The molecule has 0 saturated carbocycles. The Morgan fingerprint density at radius 1 is 0.800 bits per heavy atom. The number of hydrogen-bond acceptors (Lipinski definition) is 6. The van der Waals surface area contributed by atoms with E-state index in [0.717, 1.165) is 67.1 Å². The predicted molar refractivity (Wildman–Crippen MR) is 144 cm³/mol. The Morgan fingerprint density at radius 3 is 2.06 bits per heavy atom. The van der Waals surface area contributed by atoms with Crippen LogP contribution in [0.3, 0.4) is 0 Å². The van der Waals surface area contributed by atoms with Crippen molar-refractivity contribution in [2.24, 2.45) is 11.7 Å². The first-order valence-corrected chi connectivity index (χ1v) is 12.6. The van der Waals surface area contributed by atoms with E-state index in [4.69, 9.17) is 20.4 Å². The molecule has 186 valence electrons. The quantitative estimate of drug-likeness (QED) is 0.448. The Kier molecular flexibility index (Phi) is 9.10. The van der Waals surface area contributed by atoms with Gasteiger partial charge in [0.1, 0.15) is 5.69 Å². The third kappa shape index (κ3) is 6.39. The van der Waals surface area contributed by atoms with Crippen LogP contribution >= 0.6 is 12.4 Å². The van der Waals surface area contributed by atoms with Gasteiger partial charge in [0.25, 0.3) is 0 Å². The number of nitrogens with zero attached hydrogens (tertiary/aromatic N) is 2. The van der Waals surface area contributed by atoms with E-state index in [1.54, 1.807) is 6.20 Å². The molecule has 0 bridgehead atoms. The van der Waals surface area contributed by atoms with Crippen molar-refractivity contribution in [1.82, 2.24) is 20.6 Å². The summed E-state index contributed by atoms with van der Waals surface area (Å²) in [5.41, 5.74) is 12.1. The molecule has 0 radical (unpaired) electrons. The SMILES string of the molecule is Cl.NCc1ccc(-c2ncc(OCC3CCNCC3)nc2-c2ccc(C3CCNCC3)cc2)cc1. The Hall–Kier alpha value is -2.51. The van der Waals surface area contributed by atoms with Crippen molar-refractivity contribution in [2.45, 2.75) is 38.1 Å².